The molecule has 88 valence electrons. The Bertz CT molecular complexity index is 601. The predicted molar refractivity (Wildman–Crippen MR) is 67.7 cm³/mol. The fourth-order valence-electron chi connectivity index (χ4n) is 1.38. The Balaban J connectivity index is 2.23. The quantitative estimate of drug-likeness (QED) is 0.797. The topological polar surface area (TPSA) is 51.2 Å². The van der Waals surface area contributed by atoms with Crippen LogP contribution in [-0.2, 0) is 19.3 Å². The van der Waals surface area contributed by atoms with Crippen molar-refractivity contribution < 1.29 is 12.2 Å². The number of thiophene rings is 1. The molecule has 0 saturated heterocycles. The van der Waals surface area contributed by atoms with Crippen molar-refractivity contribution in [1.82, 2.24) is 0 Å². The standard InChI is InChI=1S/C11H9AsO3S2/c13-12-10-3-1-9(2-4-10)8-17(14,15)11-5-6-16-7-11/h1-7H,8H2. The summed E-state index contributed by atoms with van der Waals surface area (Å²) in [4.78, 5) is 0.363. The fraction of sp³-hybridized carbons (Fsp3) is 0.0909. The molecule has 17 heavy (non-hydrogen) atoms. The van der Waals surface area contributed by atoms with Gasteiger partial charge in [-0.25, -0.2) is 0 Å². The Morgan fingerprint density at radius 3 is 2.35 bits per heavy atom. The van der Waals surface area contributed by atoms with Gasteiger partial charge in [0.05, 0.1) is 0 Å². The summed E-state index contributed by atoms with van der Waals surface area (Å²) in [5, 5.41) is 3.38. The van der Waals surface area contributed by atoms with Gasteiger partial charge in [0.15, 0.2) is 0 Å². The summed E-state index contributed by atoms with van der Waals surface area (Å²) in [6.07, 6.45) is 0. The molecule has 3 nitrogen and oxygen atoms in total. The Kier molecular flexibility index (Phi) is 3.92. The number of rotatable bonds is 4. The van der Waals surface area contributed by atoms with Gasteiger partial charge in [0.25, 0.3) is 0 Å². The molecule has 0 fully saturated rings. The van der Waals surface area contributed by atoms with Crippen LogP contribution in [0.5, 0.6) is 0 Å². The molecule has 0 amide bonds. The Hall–Kier alpha value is -0.772. The van der Waals surface area contributed by atoms with Crippen LogP contribution in [-0.4, -0.2) is 24.1 Å². The van der Waals surface area contributed by atoms with Crippen molar-refractivity contribution in [3.63, 3.8) is 0 Å². The SMILES string of the molecule is O=[As]c1ccc(CS(=O)(=O)c2ccsc2)cc1. The molecule has 0 aliphatic carbocycles. The van der Waals surface area contributed by atoms with Crippen LogP contribution in [0.4, 0.5) is 0 Å². The van der Waals surface area contributed by atoms with Gasteiger partial charge in [-0.05, 0) is 0 Å². The van der Waals surface area contributed by atoms with E-state index in [1.54, 1.807) is 41.1 Å². The zero-order valence-electron chi connectivity index (χ0n) is 8.74. The van der Waals surface area contributed by atoms with E-state index in [0.717, 1.165) is 9.91 Å². The minimum atomic E-state index is -3.25. The number of hydrogen-bond donors (Lipinski definition) is 0. The Morgan fingerprint density at radius 2 is 1.82 bits per heavy atom. The fourth-order valence-corrected chi connectivity index (χ4v) is 4.38. The van der Waals surface area contributed by atoms with Crippen LogP contribution in [0.1, 0.15) is 5.56 Å². The number of hydrogen-bond acceptors (Lipinski definition) is 4. The first kappa shape index (κ1) is 12.7. The van der Waals surface area contributed by atoms with Crippen LogP contribution in [0.15, 0.2) is 46.0 Å². The first-order chi connectivity index (χ1) is 8.12. The molecule has 0 spiro atoms. The zero-order valence-corrected chi connectivity index (χ0v) is 12.2. The van der Waals surface area contributed by atoms with Gasteiger partial charge in [0, 0.05) is 0 Å². The van der Waals surface area contributed by atoms with Crippen molar-refractivity contribution >= 4 is 41.2 Å². The summed E-state index contributed by atoms with van der Waals surface area (Å²) in [6, 6.07) is 8.47. The summed E-state index contributed by atoms with van der Waals surface area (Å²) in [5.74, 6) is -0.0145. The van der Waals surface area contributed by atoms with Gasteiger partial charge >= 0.3 is 111 Å². The van der Waals surface area contributed by atoms with Crippen molar-refractivity contribution in [1.29, 1.82) is 0 Å². The van der Waals surface area contributed by atoms with Gasteiger partial charge in [-0.15, -0.1) is 0 Å². The van der Waals surface area contributed by atoms with Crippen LogP contribution in [0.2, 0.25) is 0 Å². The maximum atomic E-state index is 12.0. The predicted octanol–water partition coefficient (Wildman–Crippen LogP) is 1.40. The average Bonchev–Trinajstić information content (AvgIpc) is 2.84. The van der Waals surface area contributed by atoms with E-state index in [2.05, 4.69) is 0 Å². The summed E-state index contributed by atoms with van der Waals surface area (Å²) in [7, 11) is -3.25. The second kappa shape index (κ2) is 5.25. The number of benzene rings is 1. The van der Waals surface area contributed by atoms with Gasteiger partial charge in [0.2, 0.25) is 0 Å². The Labute approximate surface area is 110 Å². The van der Waals surface area contributed by atoms with E-state index < -0.39 is 25.5 Å². The summed E-state index contributed by atoms with van der Waals surface area (Å²) in [5.41, 5.74) is 0.717. The summed E-state index contributed by atoms with van der Waals surface area (Å²) >= 11 is 0.326. The van der Waals surface area contributed by atoms with Crippen LogP contribution < -0.4 is 4.35 Å². The molecule has 6 heteroatoms. The van der Waals surface area contributed by atoms with Gasteiger partial charge in [0.1, 0.15) is 0 Å². The third-order valence-corrected chi connectivity index (χ3v) is 5.84. The van der Waals surface area contributed by atoms with E-state index in [0.29, 0.717) is 4.90 Å². The summed E-state index contributed by atoms with van der Waals surface area (Å²) < 4.78 is 35.4. The van der Waals surface area contributed by atoms with Crippen LogP contribution in [0.25, 0.3) is 0 Å². The molecule has 0 unspecified atom stereocenters. The van der Waals surface area contributed by atoms with Gasteiger partial charge in [-0.1, -0.05) is 0 Å². The molecule has 1 aromatic carbocycles. The van der Waals surface area contributed by atoms with Crippen molar-refractivity contribution in [2.24, 2.45) is 0 Å². The molecule has 1 aromatic heterocycles. The molecule has 0 aliphatic heterocycles. The van der Waals surface area contributed by atoms with Crippen molar-refractivity contribution in [3.8, 4) is 0 Å². The van der Waals surface area contributed by atoms with Crippen LogP contribution in [0.3, 0.4) is 0 Å². The molecular formula is C11H9AsO3S2. The van der Waals surface area contributed by atoms with E-state index in [9.17, 15) is 12.2 Å². The third kappa shape index (κ3) is 3.12. The molecule has 0 radical (unpaired) electrons. The maximum absolute atomic E-state index is 12.0. The third-order valence-electron chi connectivity index (χ3n) is 2.25. The second-order valence-corrected chi connectivity index (χ2v) is 7.71. The van der Waals surface area contributed by atoms with Crippen molar-refractivity contribution in [2.45, 2.75) is 10.6 Å². The molecule has 0 aliphatic rings. The first-order valence-electron chi connectivity index (χ1n) is 4.79. The summed E-state index contributed by atoms with van der Waals surface area (Å²) in [6.45, 7) is 0. The second-order valence-electron chi connectivity index (χ2n) is 3.48. The van der Waals surface area contributed by atoms with Crippen LogP contribution in [0, 0.1) is 0 Å². The average molecular weight is 328 g/mol. The van der Waals surface area contributed by atoms with E-state index in [4.69, 9.17) is 0 Å². The van der Waals surface area contributed by atoms with E-state index in [1.165, 1.54) is 11.3 Å². The van der Waals surface area contributed by atoms with Crippen molar-refractivity contribution in [2.75, 3.05) is 0 Å². The van der Waals surface area contributed by atoms with E-state index >= 15 is 0 Å². The molecule has 2 aromatic rings. The molecule has 0 bridgehead atoms. The van der Waals surface area contributed by atoms with Gasteiger partial charge in [-0.3, -0.25) is 0 Å². The molecule has 2 rings (SSSR count). The van der Waals surface area contributed by atoms with Gasteiger partial charge in [-0.2, -0.15) is 0 Å². The minimum absolute atomic E-state index is 0.0145. The molecule has 0 atom stereocenters. The Morgan fingerprint density at radius 1 is 1.12 bits per heavy atom. The number of sulfone groups is 1. The molecule has 1 heterocycles. The van der Waals surface area contributed by atoms with Crippen molar-refractivity contribution in [3.05, 3.63) is 46.7 Å². The molecule has 0 N–H and O–H groups in total. The zero-order chi connectivity index (χ0) is 12.3. The monoisotopic (exact) mass is 328 g/mol. The van der Waals surface area contributed by atoms with E-state index in [-0.39, 0.29) is 5.75 Å². The van der Waals surface area contributed by atoms with Crippen LogP contribution >= 0.6 is 11.3 Å². The van der Waals surface area contributed by atoms with E-state index in [1.807, 2.05) is 0 Å². The molecule has 0 saturated carbocycles. The van der Waals surface area contributed by atoms with Gasteiger partial charge < -0.3 is 0 Å². The molecular weight excluding hydrogens is 319 g/mol. The first-order valence-corrected chi connectivity index (χ1v) is 9.09. The normalized spacial score (nSPS) is 11.8.